The molecule has 0 radical (unpaired) electrons. The molecule has 42 heavy (non-hydrogen) atoms. The summed E-state index contributed by atoms with van der Waals surface area (Å²) in [7, 11) is 0. The Balaban J connectivity index is 1.26. The van der Waals surface area contributed by atoms with Crippen molar-refractivity contribution < 1.29 is 23.8 Å². The Bertz CT molecular complexity index is 1740. The lowest BCUT2D eigenvalue weighted by molar-refractivity contribution is -0.140. The number of hydrogen-bond donors (Lipinski definition) is 0. The Morgan fingerprint density at radius 3 is 2.40 bits per heavy atom. The first-order valence-electron chi connectivity index (χ1n) is 13.9. The minimum atomic E-state index is -0.870. The van der Waals surface area contributed by atoms with E-state index in [-0.39, 0.29) is 13.2 Å². The van der Waals surface area contributed by atoms with Crippen LogP contribution in [0.2, 0.25) is 0 Å². The van der Waals surface area contributed by atoms with Crippen molar-refractivity contribution in [1.82, 2.24) is 0 Å². The van der Waals surface area contributed by atoms with Crippen LogP contribution >= 0.6 is 0 Å². The molecule has 1 unspecified atom stereocenters. The van der Waals surface area contributed by atoms with Crippen molar-refractivity contribution >= 4 is 40.3 Å². The second-order valence-electron chi connectivity index (χ2n) is 11.2. The number of ether oxygens (including phenoxy) is 3. The number of hydrogen-bond acceptors (Lipinski definition) is 7. The monoisotopic (exact) mass is 560 g/mol. The first-order valence-corrected chi connectivity index (χ1v) is 13.9. The van der Waals surface area contributed by atoms with E-state index in [4.69, 9.17) is 19.2 Å². The average molecular weight is 561 g/mol. The molecule has 1 spiro atoms. The molecule has 0 aliphatic carbocycles. The van der Waals surface area contributed by atoms with E-state index < -0.39 is 23.1 Å². The zero-order valence-electron chi connectivity index (χ0n) is 23.9. The fourth-order valence-corrected chi connectivity index (χ4v) is 5.76. The highest BCUT2D eigenvalue weighted by Gasteiger charge is 2.59. The van der Waals surface area contributed by atoms with Crippen molar-refractivity contribution in [3.63, 3.8) is 0 Å². The van der Waals surface area contributed by atoms with E-state index in [2.05, 4.69) is 61.7 Å². The number of benzene rings is 4. The molecule has 4 aromatic rings. The number of esters is 2. The number of carbonyl (C=O) groups excluding carboxylic acids is 2. The Hall–Kier alpha value is -4.91. The molecule has 7 heteroatoms. The lowest BCUT2D eigenvalue weighted by Gasteiger charge is -2.46. The van der Waals surface area contributed by atoms with Gasteiger partial charge in [-0.15, -0.1) is 0 Å². The summed E-state index contributed by atoms with van der Waals surface area (Å²) in [4.78, 5) is 31.3. The molecule has 0 N–H and O–H groups in total. The maximum absolute atomic E-state index is 12.6. The van der Waals surface area contributed by atoms with Crippen molar-refractivity contribution in [1.29, 1.82) is 0 Å². The zero-order chi connectivity index (χ0) is 29.5. The van der Waals surface area contributed by atoms with E-state index in [9.17, 15) is 9.59 Å². The largest absolute Gasteiger partial charge is 0.459 e. The standard InChI is InChI=1S/C35H32N2O5/c1-23(2)32(38)40-19-20-41-33(39)26-15-13-24(14-16-26)21-37-29-12-8-7-11-28(29)34(3,4)35(37)22-36-31-27-10-6-5-9-25(27)17-18-30(31)42-35/h5-18,22H,1,19-21H2,2-4H3. The maximum atomic E-state index is 12.6. The van der Waals surface area contributed by atoms with Crippen LogP contribution in [-0.4, -0.2) is 37.1 Å². The smallest absolute Gasteiger partial charge is 0.338 e. The van der Waals surface area contributed by atoms with E-state index in [1.54, 1.807) is 19.1 Å². The molecule has 0 fully saturated rings. The number of para-hydroxylation sites is 1. The molecule has 2 aliphatic heterocycles. The van der Waals surface area contributed by atoms with Gasteiger partial charge in [0.05, 0.1) is 17.2 Å². The number of carbonyl (C=O) groups is 2. The van der Waals surface area contributed by atoms with Gasteiger partial charge in [0.1, 0.15) is 24.7 Å². The van der Waals surface area contributed by atoms with Gasteiger partial charge in [-0.05, 0) is 61.5 Å². The molecule has 1 atom stereocenters. The van der Waals surface area contributed by atoms with Gasteiger partial charge in [-0.25, -0.2) is 9.59 Å². The molecule has 0 aromatic heterocycles. The van der Waals surface area contributed by atoms with Crippen molar-refractivity contribution in [2.75, 3.05) is 18.1 Å². The normalized spacial score (nSPS) is 17.8. The van der Waals surface area contributed by atoms with Crippen LogP contribution in [0, 0.1) is 0 Å². The molecule has 2 aliphatic rings. The molecule has 0 bridgehead atoms. The average Bonchev–Trinajstić information content (AvgIpc) is 3.17. The third kappa shape index (κ3) is 4.51. The van der Waals surface area contributed by atoms with Crippen LogP contribution < -0.4 is 9.64 Å². The first kappa shape index (κ1) is 27.3. The van der Waals surface area contributed by atoms with Gasteiger partial charge in [0.2, 0.25) is 5.72 Å². The van der Waals surface area contributed by atoms with Crippen LogP contribution in [0.25, 0.3) is 10.8 Å². The van der Waals surface area contributed by atoms with E-state index >= 15 is 0 Å². The van der Waals surface area contributed by atoms with Gasteiger partial charge in [0, 0.05) is 23.2 Å². The van der Waals surface area contributed by atoms with Gasteiger partial charge < -0.3 is 19.1 Å². The molecule has 7 nitrogen and oxygen atoms in total. The van der Waals surface area contributed by atoms with Crippen LogP contribution in [0.1, 0.15) is 42.3 Å². The Labute approximate surface area is 245 Å². The Morgan fingerprint density at radius 1 is 0.905 bits per heavy atom. The van der Waals surface area contributed by atoms with Crippen molar-refractivity contribution in [3.05, 3.63) is 114 Å². The molecule has 6 rings (SSSR count). The van der Waals surface area contributed by atoms with Crippen molar-refractivity contribution in [2.24, 2.45) is 4.99 Å². The van der Waals surface area contributed by atoms with Crippen LogP contribution in [0.4, 0.5) is 11.4 Å². The van der Waals surface area contributed by atoms with E-state index in [1.807, 2.05) is 42.6 Å². The molecule has 4 aromatic carbocycles. The minimum absolute atomic E-state index is 0.0256. The molecular formula is C35H32N2O5. The van der Waals surface area contributed by atoms with Gasteiger partial charge in [-0.3, -0.25) is 4.99 Å². The van der Waals surface area contributed by atoms with Crippen LogP contribution in [0.5, 0.6) is 5.75 Å². The van der Waals surface area contributed by atoms with E-state index in [1.165, 1.54) is 5.56 Å². The molecule has 0 saturated carbocycles. The van der Waals surface area contributed by atoms with E-state index in [0.29, 0.717) is 17.7 Å². The summed E-state index contributed by atoms with van der Waals surface area (Å²) in [6.07, 6.45) is 1.95. The maximum Gasteiger partial charge on any atom is 0.338 e. The molecule has 0 amide bonds. The lowest BCUT2D eigenvalue weighted by Crippen LogP contribution is -2.61. The molecule has 2 heterocycles. The van der Waals surface area contributed by atoms with Gasteiger partial charge in [-0.2, -0.15) is 0 Å². The fraction of sp³-hybridized carbons (Fsp3) is 0.229. The second kappa shape index (κ2) is 10.5. The Kier molecular flexibility index (Phi) is 6.81. The molecular weight excluding hydrogens is 528 g/mol. The quantitative estimate of drug-likeness (QED) is 0.139. The third-order valence-electron chi connectivity index (χ3n) is 8.09. The van der Waals surface area contributed by atoms with Crippen LogP contribution in [0.3, 0.4) is 0 Å². The number of anilines is 1. The summed E-state index contributed by atoms with van der Waals surface area (Å²) in [5.74, 6) is -0.249. The van der Waals surface area contributed by atoms with Gasteiger partial charge in [-0.1, -0.05) is 67.2 Å². The summed E-state index contributed by atoms with van der Waals surface area (Å²) in [6.45, 7) is 9.95. The summed E-state index contributed by atoms with van der Waals surface area (Å²) in [5, 5.41) is 2.17. The van der Waals surface area contributed by atoms with Crippen molar-refractivity contribution in [3.8, 4) is 5.75 Å². The van der Waals surface area contributed by atoms with Gasteiger partial charge >= 0.3 is 11.9 Å². The van der Waals surface area contributed by atoms with Gasteiger partial charge in [0.15, 0.2) is 0 Å². The number of fused-ring (bicyclic) bond motifs is 4. The summed E-state index contributed by atoms with van der Waals surface area (Å²) >= 11 is 0. The van der Waals surface area contributed by atoms with Gasteiger partial charge in [0.25, 0.3) is 0 Å². The SMILES string of the molecule is C=C(C)C(=O)OCCOC(=O)c1ccc(CN2c3ccccc3C(C)(C)C23C=Nc2c(ccc4ccccc24)O3)cc1. The predicted octanol–water partition coefficient (Wildman–Crippen LogP) is 6.90. The summed E-state index contributed by atoms with van der Waals surface area (Å²) in [6, 6.07) is 27.9. The minimum Gasteiger partial charge on any atom is -0.459 e. The van der Waals surface area contributed by atoms with E-state index in [0.717, 1.165) is 33.5 Å². The number of nitrogens with zero attached hydrogens (tertiary/aromatic N) is 2. The molecule has 212 valence electrons. The second-order valence-corrected chi connectivity index (χ2v) is 11.2. The highest BCUT2D eigenvalue weighted by Crippen LogP contribution is 2.55. The third-order valence-corrected chi connectivity index (χ3v) is 8.09. The fourth-order valence-electron chi connectivity index (χ4n) is 5.76. The number of aliphatic imine (C=N–C) groups is 1. The number of rotatable bonds is 7. The highest BCUT2D eigenvalue weighted by molar-refractivity contribution is 6.00. The lowest BCUT2D eigenvalue weighted by atomic mass is 9.77. The highest BCUT2D eigenvalue weighted by atomic mass is 16.6. The first-order chi connectivity index (χ1) is 20.2. The predicted molar refractivity (Wildman–Crippen MR) is 164 cm³/mol. The summed E-state index contributed by atoms with van der Waals surface area (Å²) in [5.41, 5.74) is 3.50. The summed E-state index contributed by atoms with van der Waals surface area (Å²) < 4.78 is 17.2. The molecule has 0 saturated heterocycles. The van der Waals surface area contributed by atoms with Crippen LogP contribution in [0.15, 0.2) is 102 Å². The Morgan fingerprint density at radius 2 is 1.62 bits per heavy atom. The van der Waals surface area contributed by atoms with Crippen molar-refractivity contribution in [2.45, 2.75) is 38.5 Å². The van der Waals surface area contributed by atoms with Crippen LogP contribution in [-0.2, 0) is 26.2 Å². The zero-order valence-corrected chi connectivity index (χ0v) is 23.9. The topological polar surface area (TPSA) is 77.4 Å².